The molecule has 2 nitrogen and oxygen atoms in total. The van der Waals surface area contributed by atoms with Crippen molar-refractivity contribution in [1.29, 1.82) is 5.26 Å². The minimum atomic E-state index is -0.529. The Morgan fingerprint density at radius 2 is 2.33 bits per heavy atom. The maximum Gasteiger partial charge on any atom is 0.0991 e. The first-order chi connectivity index (χ1) is 5.77. The molecule has 1 atom stereocenters. The third-order valence-electron chi connectivity index (χ3n) is 1.55. The van der Waals surface area contributed by atoms with Crippen LogP contribution in [0.25, 0.3) is 0 Å². The molecule has 0 saturated carbocycles. The molecule has 1 aromatic carbocycles. The van der Waals surface area contributed by atoms with Gasteiger partial charge in [-0.3, -0.25) is 0 Å². The standard InChI is InChI=1S/C9H8BrNO/c10-5-9(12)8-3-1-2-7(4-8)6-11/h1-4,9,12H,5H2/t9-/m1/s1. The first-order valence-corrected chi connectivity index (χ1v) is 4.64. The van der Waals surface area contributed by atoms with E-state index in [4.69, 9.17) is 5.26 Å². The van der Waals surface area contributed by atoms with Gasteiger partial charge in [-0.25, -0.2) is 0 Å². The lowest BCUT2D eigenvalue weighted by atomic mass is 10.1. The molecule has 3 heteroatoms. The van der Waals surface area contributed by atoms with E-state index in [2.05, 4.69) is 15.9 Å². The van der Waals surface area contributed by atoms with E-state index in [1.54, 1.807) is 24.3 Å². The zero-order chi connectivity index (χ0) is 8.97. The van der Waals surface area contributed by atoms with Crippen molar-refractivity contribution < 1.29 is 5.11 Å². The highest BCUT2D eigenvalue weighted by molar-refractivity contribution is 9.09. The molecular weight excluding hydrogens is 218 g/mol. The third-order valence-corrected chi connectivity index (χ3v) is 2.16. The fourth-order valence-corrected chi connectivity index (χ4v) is 1.28. The zero-order valence-corrected chi connectivity index (χ0v) is 7.95. The van der Waals surface area contributed by atoms with Gasteiger partial charge in [-0.1, -0.05) is 28.1 Å². The highest BCUT2D eigenvalue weighted by Gasteiger charge is 2.04. The lowest BCUT2D eigenvalue weighted by Crippen LogP contribution is -1.97. The summed E-state index contributed by atoms with van der Waals surface area (Å²) in [5, 5.41) is 18.5. The molecule has 0 aliphatic heterocycles. The third kappa shape index (κ3) is 2.07. The Hall–Kier alpha value is -0.850. The number of aliphatic hydroxyl groups excluding tert-OH is 1. The monoisotopic (exact) mass is 225 g/mol. The topological polar surface area (TPSA) is 44.0 Å². The number of aliphatic hydroxyl groups is 1. The molecule has 12 heavy (non-hydrogen) atoms. The maximum absolute atomic E-state index is 9.39. The Morgan fingerprint density at radius 3 is 2.92 bits per heavy atom. The molecule has 0 fully saturated rings. The Labute approximate surface area is 79.6 Å². The van der Waals surface area contributed by atoms with Crippen molar-refractivity contribution in [3.05, 3.63) is 35.4 Å². The Morgan fingerprint density at radius 1 is 1.58 bits per heavy atom. The van der Waals surface area contributed by atoms with Crippen LogP contribution >= 0.6 is 15.9 Å². The van der Waals surface area contributed by atoms with Crippen molar-refractivity contribution in [2.45, 2.75) is 6.10 Å². The molecule has 0 heterocycles. The molecule has 0 aromatic heterocycles. The van der Waals surface area contributed by atoms with E-state index in [9.17, 15) is 5.11 Å². The van der Waals surface area contributed by atoms with Gasteiger partial charge < -0.3 is 5.11 Å². The minimum Gasteiger partial charge on any atom is -0.388 e. The van der Waals surface area contributed by atoms with Crippen molar-refractivity contribution in [1.82, 2.24) is 0 Å². The molecule has 1 N–H and O–H groups in total. The molecule has 1 aromatic rings. The number of alkyl halides is 1. The van der Waals surface area contributed by atoms with Crippen LogP contribution in [0.1, 0.15) is 17.2 Å². The first kappa shape index (κ1) is 9.24. The summed E-state index contributed by atoms with van der Waals surface area (Å²) in [5.41, 5.74) is 1.35. The largest absolute Gasteiger partial charge is 0.388 e. The van der Waals surface area contributed by atoms with E-state index in [0.29, 0.717) is 10.9 Å². The van der Waals surface area contributed by atoms with Crippen molar-refractivity contribution >= 4 is 15.9 Å². The number of rotatable bonds is 2. The van der Waals surface area contributed by atoms with Crippen LogP contribution in [-0.2, 0) is 0 Å². The van der Waals surface area contributed by atoms with Gasteiger partial charge in [0.15, 0.2) is 0 Å². The molecule has 1 rings (SSSR count). The van der Waals surface area contributed by atoms with Gasteiger partial charge >= 0.3 is 0 Å². The summed E-state index contributed by atoms with van der Waals surface area (Å²) < 4.78 is 0. The maximum atomic E-state index is 9.39. The molecule has 0 saturated heterocycles. The molecule has 0 radical (unpaired) electrons. The number of hydrogen-bond donors (Lipinski definition) is 1. The van der Waals surface area contributed by atoms with Gasteiger partial charge in [0.2, 0.25) is 0 Å². The Kier molecular flexibility index (Phi) is 3.27. The quantitative estimate of drug-likeness (QED) is 0.783. The second kappa shape index (κ2) is 4.24. The van der Waals surface area contributed by atoms with Crippen molar-refractivity contribution in [3.63, 3.8) is 0 Å². The summed E-state index contributed by atoms with van der Waals surface area (Å²) in [6.07, 6.45) is -0.529. The average molecular weight is 226 g/mol. The summed E-state index contributed by atoms with van der Waals surface area (Å²) in [4.78, 5) is 0. The molecular formula is C9H8BrNO. The molecule has 0 aliphatic rings. The van der Waals surface area contributed by atoms with Crippen molar-refractivity contribution in [2.75, 3.05) is 5.33 Å². The van der Waals surface area contributed by atoms with E-state index in [1.165, 1.54) is 0 Å². The molecule has 62 valence electrons. The Balaban J connectivity index is 2.95. The van der Waals surface area contributed by atoms with Gasteiger partial charge in [-0.2, -0.15) is 5.26 Å². The fourth-order valence-electron chi connectivity index (χ4n) is 0.905. The normalized spacial score (nSPS) is 12.1. The van der Waals surface area contributed by atoms with Crippen LogP contribution in [0, 0.1) is 11.3 Å². The predicted molar refractivity (Wildman–Crippen MR) is 49.9 cm³/mol. The number of halogens is 1. The van der Waals surface area contributed by atoms with Gasteiger partial charge in [0, 0.05) is 5.33 Å². The smallest absolute Gasteiger partial charge is 0.0991 e. The van der Waals surface area contributed by atoms with E-state index in [1.807, 2.05) is 6.07 Å². The summed E-state index contributed by atoms with van der Waals surface area (Å²) >= 11 is 3.17. The molecule has 0 unspecified atom stereocenters. The van der Waals surface area contributed by atoms with Crippen LogP contribution in [-0.4, -0.2) is 10.4 Å². The fraction of sp³-hybridized carbons (Fsp3) is 0.222. The summed E-state index contributed by atoms with van der Waals surface area (Å²) in [5.74, 6) is 0. The predicted octanol–water partition coefficient (Wildman–Crippen LogP) is 1.99. The number of nitrogens with zero attached hydrogens (tertiary/aromatic N) is 1. The van der Waals surface area contributed by atoms with Crippen LogP contribution in [0.5, 0.6) is 0 Å². The minimum absolute atomic E-state index is 0.488. The molecule has 0 bridgehead atoms. The van der Waals surface area contributed by atoms with E-state index >= 15 is 0 Å². The van der Waals surface area contributed by atoms with Crippen LogP contribution < -0.4 is 0 Å². The second-order valence-corrected chi connectivity index (χ2v) is 3.05. The van der Waals surface area contributed by atoms with Gasteiger partial charge in [-0.05, 0) is 17.7 Å². The van der Waals surface area contributed by atoms with Gasteiger partial charge in [-0.15, -0.1) is 0 Å². The second-order valence-electron chi connectivity index (χ2n) is 2.41. The summed E-state index contributed by atoms with van der Waals surface area (Å²) in [6, 6.07) is 8.98. The highest BCUT2D eigenvalue weighted by atomic mass is 79.9. The SMILES string of the molecule is N#Cc1cccc([C@H](O)CBr)c1. The van der Waals surface area contributed by atoms with Crippen molar-refractivity contribution in [3.8, 4) is 6.07 Å². The molecule has 0 spiro atoms. The van der Waals surface area contributed by atoms with Crippen LogP contribution in [0.3, 0.4) is 0 Å². The lowest BCUT2D eigenvalue weighted by molar-refractivity contribution is 0.205. The van der Waals surface area contributed by atoms with Crippen LogP contribution in [0.2, 0.25) is 0 Å². The Bertz CT molecular complexity index is 306. The van der Waals surface area contributed by atoms with Gasteiger partial charge in [0.25, 0.3) is 0 Å². The van der Waals surface area contributed by atoms with E-state index < -0.39 is 6.10 Å². The van der Waals surface area contributed by atoms with Gasteiger partial charge in [0.1, 0.15) is 0 Å². The summed E-state index contributed by atoms with van der Waals surface area (Å²) in [7, 11) is 0. The zero-order valence-electron chi connectivity index (χ0n) is 6.37. The molecule has 0 aliphatic carbocycles. The highest BCUT2D eigenvalue weighted by Crippen LogP contribution is 2.15. The van der Waals surface area contributed by atoms with Crippen LogP contribution in [0.15, 0.2) is 24.3 Å². The molecule has 0 amide bonds. The number of nitriles is 1. The van der Waals surface area contributed by atoms with E-state index in [0.717, 1.165) is 5.56 Å². The van der Waals surface area contributed by atoms with E-state index in [-0.39, 0.29) is 0 Å². The van der Waals surface area contributed by atoms with Crippen LogP contribution in [0.4, 0.5) is 0 Å². The lowest BCUT2D eigenvalue weighted by Gasteiger charge is -2.06. The number of hydrogen-bond acceptors (Lipinski definition) is 2. The van der Waals surface area contributed by atoms with Gasteiger partial charge in [0.05, 0.1) is 17.7 Å². The average Bonchev–Trinajstić information content (AvgIpc) is 2.17. The van der Waals surface area contributed by atoms with Crippen molar-refractivity contribution in [2.24, 2.45) is 0 Å². The number of benzene rings is 1. The first-order valence-electron chi connectivity index (χ1n) is 3.52. The summed E-state index contributed by atoms with van der Waals surface area (Å²) in [6.45, 7) is 0.